The Labute approximate surface area is 338 Å². The second-order valence-electron chi connectivity index (χ2n) is 14.8. The van der Waals surface area contributed by atoms with Crippen molar-refractivity contribution in [3.8, 4) is 16.9 Å². The lowest BCUT2D eigenvalue weighted by atomic mass is 9.99. The monoisotopic (exact) mass is 817 g/mol. The van der Waals surface area contributed by atoms with Crippen LogP contribution in [0, 0.1) is 0 Å². The van der Waals surface area contributed by atoms with Gasteiger partial charge in [0.05, 0.1) is 44.5 Å². The first-order valence-corrected chi connectivity index (χ1v) is 18.9. The molecule has 1 aliphatic rings. The number of phenolic OH excluding ortho intramolecular Hbond substituents is 1. The molecule has 6 rings (SSSR count). The molecule has 312 valence electrons. The fourth-order valence-electron chi connectivity index (χ4n) is 6.56. The molecule has 0 spiro atoms. The van der Waals surface area contributed by atoms with Crippen molar-refractivity contribution < 1.29 is 52.1 Å². The lowest BCUT2D eigenvalue weighted by Gasteiger charge is -2.36. The number of phenols is 1. The summed E-state index contributed by atoms with van der Waals surface area (Å²) in [6, 6.07) is 29.2. The van der Waals surface area contributed by atoms with Crippen LogP contribution >= 0.6 is 0 Å². The number of halogens is 3. The number of nitrogens with zero attached hydrogens (tertiary/aromatic N) is 1. The summed E-state index contributed by atoms with van der Waals surface area (Å²) >= 11 is 0. The van der Waals surface area contributed by atoms with E-state index in [2.05, 4.69) is 35.0 Å². The maximum absolute atomic E-state index is 12.9. The number of aliphatic hydroxyl groups is 1. The zero-order valence-electron chi connectivity index (χ0n) is 32.5. The van der Waals surface area contributed by atoms with E-state index in [4.69, 9.17) is 14.6 Å². The highest BCUT2D eigenvalue weighted by molar-refractivity contribution is 5.93. The van der Waals surface area contributed by atoms with Gasteiger partial charge in [0.15, 0.2) is 0 Å². The summed E-state index contributed by atoms with van der Waals surface area (Å²) in [5, 5.41) is 39.5. The van der Waals surface area contributed by atoms with Gasteiger partial charge < -0.3 is 45.0 Å². The van der Waals surface area contributed by atoms with Crippen LogP contribution in [0.15, 0.2) is 102 Å². The number of carbonyl (C=O) groups excluding carboxylic acids is 3. The van der Waals surface area contributed by atoms with Crippen LogP contribution in [0.4, 0.5) is 29.3 Å². The van der Waals surface area contributed by atoms with Crippen LogP contribution in [0.2, 0.25) is 0 Å². The molecule has 4 aromatic carbocycles. The third kappa shape index (κ3) is 12.9. The minimum atomic E-state index is -5.19. The maximum Gasteiger partial charge on any atom is 0.430 e. The molecule has 0 aliphatic carbocycles. The number of ether oxygens (including phenoxy) is 1. The first-order valence-electron chi connectivity index (χ1n) is 18.9. The van der Waals surface area contributed by atoms with Crippen molar-refractivity contribution in [3.05, 3.63) is 124 Å². The molecule has 1 aromatic heterocycles. The Morgan fingerprint density at radius 1 is 0.915 bits per heavy atom. The van der Waals surface area contributed by atoms with E-state index < -0.39 is 24.3 Å². The molecule has 0 radical (unpaired) electrons. The molecule has 1 fully saturated rings. The van der Waals surface area contributed by atoms with Crippen LogP contribution < -0.4 is 26.6 Å². The van der Waals surface area contributed by atoms with Crippen molar-refractivity contribution in [1.82, 2.24) is 10.3 Å². The zero-order valence-corrected chi connectivity index (χ0v) is 32.5. The number of aromatic nitrogens is 1. The van der Waals surface area contributed by atoms with Gasteiger partial charge in [0.25, 0.3) is 0 Å². The molecule has 13 nitrogen and oxygen atoms in total. The summed E-state index contributed by atoms with van der Waals surface area (Å²) in [6.45, 7) is 2.68. The number of H-pyrrole nitrogens is 1. The Bertz CT molecular complexity index is 2290. The summed E-state index contributed by atoms with van der Waals surface area (Å²) in [4.78, 5) is 48.9. The number of carboxylic acid groups (broad SMARTS) is 1. The third-order valence-electron chi connectivity index (χ3n) is 9.83. The fourth-order valence-corrected chi connectivity index (χ4v) is 6.56. The zero-order chi connectivity index (χ0) is 42.7. The van der Waals surface area contributed by atoms with E-state index in [0.717, 1.165) is 52.7 Å². The van der Waals surface area contributed by atoms with E-state index in [-0.39, 0.29) is 36.3 Å². The van der Waals surface area contributed by atoms with E-state index in [1.54, 1.807) is 12.1 Å². The number of hydrogen-bond acceptors (Lipinski definition) is 9. The van der Waals surface area contributed by atoms with Gasteiger partial charge in [0.2, 0.25) is 11.5 Å². The van der Waals surface area contributed by atoms with E-state index in [1.165, 1.54) is 12.1 Å². The van der Waals surface area contributed by atoms with Gasteiger partial charge in [-0.3, -0.25) is 14.9 Å². The van der Waals surface area contributed by atoms with Crippen molar-refractivity contribution in [2.45, 2.75) is 50.6 Å². The van der Waals surface area contributed by atoms with Gasteiger partial charge in [-0.2, -0.15) is 13.2 Å². The van der Waals surface area contributed by atoms with Crippen molar-refractivity contribution in [3.63, 3.8) is 0 Å². The molecule has 6 N–H and O–H groups in total. The van der Waals surface area contributed by atoms with Crippen molar-refractivity contribution >= 4 is 40.2 Å². The number of pyridine rings is 1. The number of aliphatic hydroxyl groups excluding tert-OH is 1. The Morgan fingerprint density at radius 3 is 2.24 bits per heavy atom. The van der Waals surface area contributed by atoms with Crippen LogP contribution in [0.25, 0.3) is 22.0 Å². The number of anilines is 2. The lowest BCUT2D eigenvalue weighted by Crippen LogP contribution is -2.48. The number of piperidine rings is 1. The third-order valence-corrected chi connectivity index (χ3v) is 9.83. The highest BCUT2D eigenvalue weighted by atomic mass is 19.4. The highest BCUT2D eigenvalue weighted by Crippen LogP contribution is 2.31. The predicted molar refractivity (Wildman–Crippen MR) is 214 cm³/mol. The van der Waals surface area contributed by atoms with E-state index in [0.29, 0.717) is 40.8 Å². The van der Waals surface area contributed by atoms with Crippen molar-refractivity contribution in [2.24, 2.45) is 0 Å². The number of carboxylic acids is 1. The van der Waals surface area contributed by atoms with E-state index in [9.17, 15) is 37.8 Å². The number of alkyl halides is 3. The minimum absolute atomic E-state index is 0.0543. The topological polar surface area (TPSA) is 193 Å². The van der Waals surface area contributed by atoms with E-state index in [1.807, 2.05) is 72.8 Å². The summed E-state index contributed by atoms with van der Waals surface area (Å²) in [5.74, 6) is -3.17. The molecule has 59 heavy (non-hydrogen) atoms. The number of carbonyl (C=O) groups is 3. The quantitative estimate of drug-likeness (QED) is 0.0898. The summed E-state index contributed by atoms with van der Waals surface area (Å²) in [6.07, 6.45) is -4.13. The van der Waals surface area contributed by atoms with Gasteiger partial charge in [-0.15, -0.1) is 0 Å². The number of aryl methyl sites for hydroxylation is 1. The molecule has 5 aromatic rings. The number of amides is 2. The van der Waals surface area contributed by atoms with E-state index >= 15 is 0 Å². The fraction of sp³-hybridized carbons (Fsp3) is 0.302. The standard InChI is InChI=1S/C41H45N5O6.C2HF3O2/c1-46(2)22-20-31(21-23-46)52-41(51)44-35-16-10-27(24-34(35)29-6-4-3-5-7-29)11-18-38(49)43-30-12-8-28(9-13-30)25-42-26-37(48)32-14-17-36(47)40-33(32)15-19-39(50)45-40;3-2(4,5)1(6)7/h3-10,12-17,19,24,31,37,42,48H,11,18,20-23,25-26H2,1-2H3,(H3-,43,44,45,47,49,50,51);(H,6,7)/t37-;/m0./s1. The molecule has 0 bridgehead atoms. The number of fused-ring (bicyclic) bond motifs is 1. The number of aromatic amines is 1. The number of rotatable bonds is 12. The Kier molecular flexibility index (Phi) is 14.5. The Balaban J connectivity index is 0.000000867. The first-order chi connectivity index (χ1) is 28.0. The van der Waals surface area contributed by atoms with Gasteiger partial charge in [-0.1, -0.05) is 54.6 Å². The molecule has 1 aliphatic heterocycles. The second kappa shape index (κ2) is 19.5. The number of nitrogens with one attached hydrogen (secondary N) is 4. The average Bonchev–Trinajstić information content (AvgIpc) is 3.19. The number of benzene rings is 4. The summed E-state index contributed by atoms with van der Waals surface area (Å²) < 4.78 is 38.3. The predicted octanol–water partition coefficient (Wildman–Crippen LogP) is 5.38. The smallest absolute Gasteiger partial charge is 0.430 e. The van der Waals surface area contributed by atoms with Crippen LogP contribution in [-0.4, -0.2) is 83.7 Å². The highest BCUT2D eigenvalue weighted by Gasteiger charge is 2.29. The second-order valence-corrected chi connectivity index (χ2v) is 14.8. The van der Waals surface area contributed by atoms with Crippen molar-refractivity contribution in [2.75, 3.05) is 44.4 Å². The van der Waals surface area contributed by atoms with Gasteiger partial charge in [0, 0.05) is 55.1 Å². The average molecular weight is 818 g/mol. The van der Waals surface area contributed by atoms with Gasteiger partial charge >= 0.3 is 12.3 Å². The van der Waals surface area contributed by atoms with Crippen molar-refractivity contribution in [1.29, 1.82) is 0 Å². The molecule has 2 heterocycles. The van der Waals surface area contributed by atoms with Gasteiger partial charge in [-0.25, -0.2) is 4.79 Å². The molecule has 16 heteroatoms. The molecule has 0 saturated carbocycles. The van der Waals surface area contributed by atoms with Crippen LogP contribution in [0.1, 0.15) is 42.1 Å². The maximum atomic E-state index is 12.9. The van der Waals surface area contributed by atoms with Crippen LogP contribution in [-0.2, 0) is 27.3 Å². The minimum Gasteiger partial charge on any atom is -0.542 e. The number of likely N-dealkylation sites (tertiary alicyclic amines) is 1. The van der Waals surface area contributed by atoms with Crippen LogP contribution in [0.5, 0.6) is 5.75 Å². The molecular formula is C43H46F3N5O8. The van der Waals surface area contributed by atoms with Gasteiger partial charge in [0.1, 0.15) is 17.8 Å². The lowest BCUT2D eigenvalue weighted by molar-refractivity contribution is -0.896. The van der Waals surface area contributed by atoms with Gasteiger partial charge in [-0.05, 0) is 65.1 Å². The number of aliphatic carboxylic acids is 1. The Hall–Kier alpha value is -6.23. The van der Waals surface area contributed by atoms with Crippen LogP contribution in [0.3, 0.4) is 0 Å². The molecule has 2 amide bonds. The number of quaternary nitrogens is 1. The molecule has 0 unspecified atom stereocenters. The Morgan fingerprint density at radius 2 is 1.58 bits per heavy atom. The molecule has 1 atom stereocenters. The SMILES string of the molecule is C[N+]1(C)CCC(OC(=O)Nc2ccc(CCC(=O)Nc3ccc(CNC[C@H](O)c4ccc(O)c5[nH]c(=O)ccc45)cc3)cc2-c2ccccc2)CC1.O=C([O-])C(F)(F)F. The normalized spacial score (nSPS) is 14.4. The first kappa shape index (κ1) is 43.9. The number of aromatic hydroxyl groups is 1. The summed E-state index contributed by atoms with van der Waals surface area (Å²) in [5.41, 5.74) is 5.65. The molecule has 1 saturated heterocycles. The number of hydrogen-bond donors (Lipinski definition) is 6. The largest absolute Gasteiger partial charge is 0.542 e. The molecular weight excluding hydrogens is 771 g/mol. The summed E-state index contributed by atoms with van der Waals surface area (Å²) in [7, 11) is 4.38.